The molecule has 0 rings (SSSR count). The maximum atomic E-state index is 12.5. The van der Waals surface area contributed by atoms with E-state index in [1.807, 2.05) is 0 Å². The first-order valence-electron chi connectivity index (χ1n) is 8.68. The van der Waals surface area contributed by atoms with Crippen LogP contribution >= 0.6 is 0 Å². The lowest BCUT2D eigenvalue weighted by Gasteiger charge is -2.31. The van der Waals surface area contributed by atoms with Crippen molar-refractivity contribution in [1.29, 1.82) is 0 Å². The van der Waals surface area contributed by atoms with E-state index < -0.39 is 17.3 Å². The second-order valence-corrected chi connectivity index (χ2v) is 6.25. The summed E-state index contributed by atoms with van der Waals surface area (Å²) in [5.74, 6) is -1.67. The van der Waals surface area contributed by atoms with Gasteiger partial charge in [0.15, 0.2) is 0 Å². The topological polar surface area (TPSA) is 98.1 Å². The Bertz CT molecular complexity index is 342. The fraction of sp³-hybridized carbons (Fsp3) is 0.882. The lowest BCUT2D eigenvalue weighted by molar-refractivity contribution is -0.160. The van der Waals surface area contributed by atoms with Gasteiger partial charge in [-0.25, -0.2) is 0 Å². The van der Waals surface area contributed by atoms with Crippen molar-refractivity contribution < 1.29 is 24.9 Å². The molecule has 0 spiro atoms. The molecule has 1 atom stereocenters. The van der Waals surface area contributed by atoms with Crippen molar-refractivity contribution in [2.24, 2.45) is 5.41 Å². The molecular weight excluding hydrogens is 298 g/mol. The second-order valence-electron chi connectivity index (χ2n) is 6.25. The van der Waals surface area contributed by atoms with E-state index in [4.69, 9.17) is 10.2 Å². The molecule has 0 aromatic heterocycles. The number of amides is 1. The molecule has 0 bridgehead atoms. The van der Waals surface area contributed by atoms with Crippen LogP contribution in [-0.2, 0) is 9.59 Å². The molecule has 0 aliphatic carbocycles. The van der Waals surface area contributed by atoms with Crippen LogP contribution in [-0.4, -0.2) is 58.4 Å². The maximum Gasteiger partial charge on any atom is 0.318 e. The van der Waals surface area contributed by atoms with E-state index in [-0.39, 0.29) is 32.7 Å². The van der Waals surface area contributed by atoms with Gasteiger partial charge in [-0.05, 0) is 13.3 Å². The van der Waals surface area contributed by atoms with Gasteiger partial charge in [0.2, 0.25) is 5.91 Å². The predicted molar refractivity (Wildman–Crippen MR) is 89.1 cm³/mol. The molecular formula is C17H33NO5. The summed E-state index contributed by atoms with van der Waals surface area (Å²) >= 11 is 0. The molecule has 136 valence electrons. The molecule has 0 aliphatic heterocycles. The van der Waals surface area contributed by atoms with Gasteiger partial charge in [-0.15, -0.1) is 0 Å². The number of aliphatic carboxylic acids is 1. The minimum Gasteiger partial charge on any atom is -0.480 e. The molecule has 1 amide bonds. The molecule has 6 nitrogen and oxygen atoms in total. The molecule has 1 unspecified atom stereocenters. The van der Waals surface area contributed by atoms with Crippen molar-refractivity contribution in [3.05, 3.63) is 0 Å². The third-order valence-electron chi connectivity index (χ3n) is 4.25. The van der Waals surface area contributed by atoms with Crippen molar-refractivity contribution in [3.63, 3.8) is 0 Å². The first kappa shape index (κ1) is 21.9. The number of carbonyl (C=O) groups excluding carboxylic acids is 1. The van der Waals surface area contributed by atoms with E-state index in [2.05, 4.69) is 6.92 Å². The quantitative estimate of drug-likeness (QED) is 0.334. The molecule has 0 aliphatic rings. The standard InChI is InChI=1S/C17H33NO5/c1-3-4-5-6-7-8-9-10-17(2,16(22)23)15(21)18(11-13-19)12-14-20/h19-20H,3-14H2,1-2H3,(H,22,23). The summed E-state index contributed by atoms with van der Waals surface area (Å²) in [7, 11) is 0. The van der Waals surface area contributed by atoms with Gasteiger partial charge >= 0.3 is 5.97 Å². The highest BCUT2D eigenvalue weighted by Crippen LogP contribution is 2.28. The van der Waals surface area contributed by atoms with Crippen LogP contribution in [0.3, 0.4) is 0 Å². The molecule has 0 fully saturated rings. The highest BCUT2D eigenvalue weighted by Gasteiger charge is 2.43. The van der Waals surface area contributed by atoms with Gasteiger partial charge in [-0.2, -0.15) is 0 Å². The third-order valence-corrected chi connectivity index (χ3v) is 4.25. The Morgan fingerprint density at radius 2 is 1.39 bits per heavy atom. The van der Waals surface area contributed by atoms with Gasteiger partial charge in [-0.3, -0.25) is 9.59 Å². The number of rotatable bonds is 14. The number of carboxylic acids is 1. The van der Waals surface area contributed by atoms with Crippen LogP contribution in [0.5, 0.6) is 0 Å². The van der Waals surface area contributed by atoms with E-state index >= 15 is 0 Å². The summed E-state index contributed by atoms with van der Waals surface area (Å²) in [6.07, 6.45) is 7.70. The van der Waals surface area contributed by atoms with E-state index in [1.165, 1.54) is 31.1 Å². The number of aliphatic hydroxyl groups is 2. The Morgan fingerprint density at radius 1 is 0.913 bits per heavy atom. The SMILES string of the molecule is CCCCCCCCCC(C)(C(=O)O)C(=O)N(CCO)CCO. The molecule has 0 aromatic carbocycles. The molecule has 0 heterocycles. The summed E-state index contributed by atoms with van der Waals surface area (Å²) in [4.78, 5) is 25.4. The maximum absolute atomic E-state index is 12.5. The smallest absolute Gasteiger partial charge is 0.318 e. The lowest BCUT2D eigenvalue weighted by Crippen LogP contribution is -2.48. The van der Waals surface area contributed by atoms with Crippen LogP contribution in [0.1, 0.15) is 65.2 Å². The Hall–Kier alpha value is -1.14. The van der Waals surface area contributed by atoms with E-state index in [0.29, 0.717) is 6.42 Å². The highest BCUT2D eigenvalue weighted by molar-refractivity contribution is 6.01. The summed E-state index contributed by atoms with van der Waals surface area (Å²) < 4.78 is 0. The lowest BCUT2D eigenvalue weighted by atomic mass is 9.83. The number of aliphatic hydroxyl groups excluding tert-OH is 2. The van der Waals surface area contributed by atoms with Crippen LogP contribution in [0, 0.1) is 5.41 Å². The molecule has 3 N–H and O–H groups in total. The normalized spacial score (nSPS) is 13.6. The Labute approximate surface area is 139 Å². The molecule has 0 radical (unpaired) electrons. The first-order valence-corrected chi connectivity index (χ1v) is 8.68. The number of unbranched alkanes of at least 4 members (excludes halogenated alkanes) is 6. The number of hydrogen-bond donors (Lipinski definition) is 3. The fourth-order valence-corrected chi connectivity index (χ4v) is 2.65. The van der Waals surface area contributed by atoms with Crippen molar-refractivity contribution >= 4 is 11.9 Å². The average molecular weight is 331 g/mol. The first-order chi connectivity index (χ1) is 10.9. The predicted octanol–water partition coefficient (Wildman–Crippen LogP) is 2.03. The zero-order valence-corrected chi connectivity index (χ0v) is 14.6. The van der Waals surface area contributed by atoms with Gasteiger partial charge in [0, 0.05) is 13.1 Å². The molecule has 0 saturated carbocycles. The third kappa shape index (κ3) is 7.79. The number of nitrogens with zero attached hydrogens (tertiary/aromatic N) is 1. The molecule has 0 aromatic rings. The van der Waals surface area contributed by atoms with Crippen LogP contribution in [0.25, 0.3) is 0 Å². The van der Waals surface area contributed by atoms with Gasteiger partial charge in [-0.1, -0.05) is 51.9 Å². The Morgan fingerprint density at radius 3 is 1.83 bits per heavy atom. The number of hydrogen-bond acceptors (Lipinski definition) is 4. The monoisotopic (exact) mass is 331 g/mol. The van der Waals surface area contributed by atoms with E-state index in [0.717, 1.165) is 19.3 Å². The molecule has 6 heteroatoms. The van der Waals surface area contributed by atoms with Crippen LogP contribution in [0.2, 0.25) is 0 Å². The largest absolute Gasteiger partial charge is 0.480 e. The van der Waals surface area contributed by atoms with Crippen molar-refractivity contribution in [2.45, 2.75) is 65.2 Å². The minimum atomic E-state index is -1.49. The second kappa shape index (κ2) is 12.3. The Kier molecular flexibility index (Phi) is 11.7. The van der Waals surface area contributed by atoms with E-state index in [9.17, 15) is 14.7 Å². The van der Waals surface area contributed by atoms with Crippen molar-refractivity contribution in [2.75, 3.05) is 26.3 Å². The van der Waals surface area contributed by atoms with Gasteiger partial charge in [0.25, 0.3) is 0 Å². The molecule has 23 heavy (non-hydrogen) atoms. The summed E-state index contributed by atoms with van der Waals surface area (Å²) in [6.45, 7) is 3.18. The summed E-state index contributed by atoms with van der Waals surface area (Å²) in [5.41, 5.74) is -1.49. The summed E-state index contributed by atoms with van der Waals surface area (Å²) in [5, 5.41) is 27.5. The van der Waals surface area contributed by atoms with Crippen LogP contribution in [0.15, 0.2) is 0 Å². The van der Waals surface area contributed by atoms with Crippen LogP contribution in [0.4, 0.5) is 0 Å². The van der Waals surface area contributed by atoms with Gasteiger partial charge < -0.3 is 20.2 Å². The highest BCUT2D eigenvalue weighted by atomic mass is 16.4. The van der Waals surface area contributed by atoms with Gasteiger partial charge in [0.1, 0.15) is 5.41 Å². The van der Waals surface area contributed by atoms with E-state index in [1.54, 1.807) is 0 Å². The van der Waals surface area contributed by atoms with Crippen molar-refractivity contribution in [1.82, 2.24) is 4.90 Å². The van der Waals surface area contributed by atoms with Gasteiger partial charge in [0.05, 0.1) is 13.2 Å². The fourth-order valence-electron chi connectivity index (χ4n) is 2.65. The van der Waals surface area contributed by atoms with Crippen LogP contribution < -0.4 is 0 Å². The summed E-state index contributed by atoms with van der Waals surface area (Å²) in [6, 6.07) is 0. The number of carbonyl (C=O) groups is 2. The van der Waals surface area contributed by atoms with Crippen molar-refractivity contribution in [3.8, 4) is 0 Å². The zero-order chi connectivity index (χ0) is 17.7. The zero-order valence-electron chi connectivity index (χ0n) is 14.6. The average Bonchev–Trinajstić information content (AvgIpc) is 2.52. The minimum absolute atomic E-state index is 0.0410. The number of carboxylic acid groups (broad SMARTS) is 1. The Balaban J connectivity index is 4.53. The molecule has 0 saturated heterocycles.